The van der Waals surface area contributed by atoms with Crippen LogP contribution in [0.25, 0.3) is 0 Å². The topological polar surface area (TPSA) is 20.3 Å². The third kappa shape index (κ3) is 2.25. The van der Waals surface area contributed by atoms with Crippen molar-refractivity contribution in [3.8, 4) is 0 Å². The van der Waals surface area contributed by atoms with Crippen LogP contribution in [0, 0.1) is 6.92 Å². The molecule has 2 nitrogen and oxygen atoms in total. The molecule has 0 fully saturated rings. The Kier molecular flexibility index (Phi) is 3.57. The lowest BCUT2D eigenvalue weighted by atomic mass is 9.98. The van der Waals surface area contributed by atoms with Gasteiger partial charge in [-0.2, -0.15) is 0 Å². The molecule has 0 atom stereocenters. The predicted molar refractivity (Wildman–Crippen MR) is 85.7 cm³/mol. The molecule has 0 unspecified atom stereocenters. The molecule has 3 rings (SSSR count). The van der Waals surface area contributed by atoms with Gasteiger partial charge in [-0.25, -0.2) is 0 Å². The van der Waals surface area contributed by atoms with E-state index in [0.717, 1.165) is 27.7 Å². The minimum atomic E-state index is 0.0231. The molecule has 0 saturated carbocycles. The average Bonchev–Trinajstić information content (AvgIpc) is 2.44. The molecule has 102 valence electrons. The second kappa shape index (κ2) is 5.23. The van der Waals surface area contributed by atoms with Crippen molar-refractivity contribution in [2.75, 3.05) is 11.4 Å². The van der Waals surface area contributed by atoms with Gasteiger partial charge in [0.25, 0.3) is 5.91 Å². The van der Waals surface area contributed by atoms with E-state index in [0.29, 0.717) is 17.1 Å². The molecule has 0 aliphatic carbocycles. The van der Waals surface area contributed by atoms with Crippen LogP contribution in [-0.2, 0) is 6.42 Å². The summed E-state index contributed by atoms with van der Waals surface area (Å²) < 4.78 is 1.01. The van der Waals surface area contributed by atoms with Gasteiger partial charge in [0, 0.05) is 27.3 Å². The minimum absolute atomic E-state index is 0.0231. The largest absolute Gasteiger partial charge is 0.308 e. The lowest BCUT2D eigenvalue weighted by molar-refractivity contribution is 0.0980. The molecular formula is C16H13BrClNO. The van der Waals surface area contributed by atoms with Crippen LogP contribution >= 0.6 is 27.5 Å². The maximum atomic E-state index is 12.7. The van der Waals surface area contributed by atoms with Crippen LogP contribution in [0.1, 0.15) is 21.5 Å². The van der Waals surface area contributed by atoms with Gasteiger partial charge in [0.1, 0.15) is 0 Å². The predicted octanol–water partition coefficient (Wildman–Crippen LogP) is 4.61. The summed E-state index contributed by atoms with van der Waals surface area (Å²) in [5.41, 5.74) is 3.81. The molecule has 2 aromatic carbocycles. The van der Waals surface area contributed by atoms with E-state index >= 15 is 0 Å². The fraction of sp³-hybridized carbons (Fsp3) is 0.188. The summed E-state index contributed by atoms with van der Waals surface area (Å²) in [5, 5.41) is 0.602. The number of benzene rings is 2. The first-order valence-electron chi connectivity index (χ1n) is 6.43. The van der Waals surface area contributed by atoms with Crippen LogP contribution in [0.15, 0.2) is 40.9 Å². The fourth-order valence-electron chi connectivity index (χ4n) is 2.56. The molecule has 1 aliphatic heterocycles. The SMILES string of the molecule is Cc1c(Br)cccc1N1CCc2ccc(Cl)cc2C1=O. The van der Waals surface area contributed by atoms with Gasteiger partial charge in [0.15, 0.2) is 0 Å². The number of hydrogen-bond donors (Lipinski definition) is 0. The Morgan fingerprint density at radius 2 is 2.05 bits per heavy atom. The smallest absolute Gasteiger partial charge is 0.258 e. The molecule has 1 aliphatic rings. The third-order valence-corrected chi connectivity index (χ3v) is 4.78. The second-order valence-corrected chi connectivity index (χ2v) is 6.18. The van der Waals surface area contributed by atoms with Gasteiger partial charge in [-0.1, -0.05) is 39.7 Å². The van der Waals surface area contributed by atoms with Crippen LogP contribution < -0.4 is 4.90 Å². The van der Waals surface area contributed by atoms with Crippen molar-refractivity contribution in [3.05, 3.63) is 62.6 Å². The highest BCUT2D eigenvalue weighted by Gasteiger charge is 2.26. The summed E-state index contributed by atoms with van der Waals surface area (Å²) >= 11 is 9.53. The first-order chi connectivity index (χ1) is 9.58. The van der Waals surface area contributed by atoms with E-state index in [1.165, 1.54) is 0 Å². The molecule has 0 radical (unpaired) electrons. The van der Waals surface area contributed by atoms with Crippen molar-refractivity contribution in [1.82, 2.24) is 0 Å². The molecular weight excluding hydrogens is 338 g/mol. The molecule has 0 aromatic heterocycles. The summed E-state index contributed by atoms with van der Waals surface area (Å²) in [4.78, 5) is 14.5. The van der Waals surface area contributed by atoms with Gasteiger partial charge in [0.2, 0.25) is 0 Å². The van der Waals surface area contributed by atoms with Gasteiger partial charge >= 0.3 is 0 Å². The van der Waals surface area contributed by atoms with Crippen molar-refractivity contribution in [3.63, 3.8) is 0 Å². The normalized spacial score (nSPS) is 14.3. The highest BCUT2D eigenvalue weighted by Crippen LogP contribution is 2.31. The van der Waals surface area contributed by atoms with Crippen LogP contribution in [0.3, 0.4) is 0 Å². The monoisotopic (exact) mass is 349 g/mol. The van der Waals surface area contributed by atoms with Crippen molar-refractivity contribution >= 4 is 39.1 Å². The minimum Gasteiger partial charge on any atom is -0.308 e. The number of halogens is 2. The molecule has 0 N–H and O–H groups in total. The molecule has 0 spiro atoms. The van der Waals surface area contributed by atoms with Crippen molar-refractivity contribution in [2.45, 2.75) is 13.3 Å². The number of anilines is 1. The standard InChI is InChI=1S/C16H13BrClNO/c1-10-14(17)3-2-4-15(10)19-8-7-11-5-6-12(18)9-13(11)16(19)20/h2-6,9H,7-8H2,1H3. The summed E-state index contributed by atoms with van der Waals surface area (Å²) in [5.74, 6) is 0.0231. The Labute approximate surface area is 131 Å². The van der Waals surface area contributed by atoms with E-state index in [9.17, 15) is 4.79 Å². The van der Waals surface area contributed by atoms with Crippen molar-refractivity contribution in [1.29, 1.82) is 0 Å². The van der Waals surface area contributed by atoms with Gasteiger partial charge in [-0.3, -0.25) is 4.79 Å². The van der Waals surface area contributed by atoms with Gasteiger partial charge in [-0.15, -0.1) is 0 Å². The quantitative estimate of drug-likeness (QED) is 0.735. The van der Waals surface area contributed by atoms with E-state index in [2.05, 4.69) is 15.9 Å². The van der Waals surface area contributed by atoms with Gasteiger partial charge < -0.3 is 4.90 Å². The van der Waals surface area contributed by atoms with E-state index in [1.807, 2.05) is 42.2 Å². The van der Waals surface area contributed by atoms with E-state index < -0.39 is 0 Å². The van der Waals surface area contributed by atoms with Crippen molar-refractivity contribution in [2.24, 2.45) is 0 Å². The lowest BCUT2D eigenvalue weighted by Gasteiger charge is -2.30. The molecule has 0 bridgehead atoms. The van der Waals surface area contributed by atoms with Crippen LogP contribution in [0.5, 0.6) is 0 Å². The van der Waals surface area contributed by atoms with Crippen LogP contribution in [-0.4, -0.2) is 12.5 Å². The zero-order valence-electron chi connectivity index (χ0n) is 11.0. The summed E-state index contributed by atoms with van der Waals surface area (Å²) in [6.07, 6.45) is 0.851. The number of carbonyl (C=O) groups is 1. The summed E-state index contributed by atoms with van der Waals surface area (Å²) in [7, 11) is 0. The van der Waals surface area contributed by atoms with Gasteiger partial charge in [0.05, 0.1) is 0 Å². The average molecular weight is 351 g/mol. The number of rotatable bonds is 1. The Balaban J connectivity index is 2.06. The Morgan fingerprint density at radius 1 is 1.25 bits per heavy atom. The number of fused-ring (bicyclic) bond motifs is 1. The lowest BCUT2D eigenvalue weighted by Crippen LogP contribution is -2.38. The Morgan fingerprint density at radius 3 is 2.85 bits per heavy atom. The van der Waals surface area contributed by atoms with E-state index in [4.69, 9.17) is 11.6 Å². The van der Waals surface area contributed by atoms with Crippen LogP contribution in [0.2, 0.25) is 5.02 Å². The molecule has 1 amide bonds. The zero-order chi connectivity index (χ0) is 14.3. The molecule has 2 aromatic rings. The highest BCUT2D eigenvalue weighted by atomic mass is 79.9. The first kappa shape index (κ1) is 13.7. The fourth-order valence-corrected chi connectivity index (χ4v) is 3.09. The summed E-state index contributed by atoms with van der Waals surface area (Å²) in [6.45, 7) is 2.71. The maximum absolute atomic E-state index is 12.7. The summed E-state index contributed by atoms with van der Waals surface area (Å²) in [6, 6.07) is 11.5. The first-order valence-corrected chi connectivity index (χ1v) is 7.60. The van der Waals surface area contributed by atoms with Gasteiger partial charge in [-0.05, 0) is 48.7 Å². The molecule has 0 saturated heterocycles. The highest BCUT2D eigenvalue weighted by molar-refractivity contribution is 9.10. The number of hydrogen-bond acceptors (Lipinski definition) is 1. The van der Waals surface area contributed by atoms with Crippen molar-refractivity contribution < 1.29 is 4.79 Å². The Hall–Kier alpha value is -1.32. The molecule has 20 heavy (non-hydrogen) atoms. The second-order valence-electron chi connectivity index (χ2n) is 4.89. The molecule has 4 heteroatoms. The maximum Gasteiger partial charge on any atom is 0.258 e. The van der Waals surface area contributed by atoms with E-state index in [-0.39, 0.29) is 5.91 Å². The zero-order valence-corrected chi connectivity index (χ0v) is 13.3. The number of carbonyl (C=O) groups excluding carboxylic acids is 1. The number of amides is 1. The number of nitrogens with zero attached hydrogens (tertiary/aromatic N) is 1. The van der Waals surface area contributed by atoms with E-state index in [1.54, 1.807) is 6.07 Å². The Bertz CT molecular complexity index is 699. The third-order valence-electron chi connectivity index (χ3n) is 3.68. The molecule has 1 heterocycles. The van der Waals surface area contributed by atoms with Crippen LogP contribution in [0.4, 0.5) is 5.69 Å².